The molecule has 7 rings (SSSR count). The number of fused-ring (bicyclic) bond motifs is 4. The number of aromatic nitrogens is 3. The van der Waals surface area contributed by atoms with Crippen molar-refractivity contribution >= 4 is 51.2 Å². The summed E-state index contributed by atoms with van der Waals surface area (Å²) < 4.78 is 25.8. The molecule has 10 nitrogen and oxygen atoms in total. The van der Waals surface area contributed by atoms with Gasteiger partial charge in [0.2, 0.25) is 11.8 Å². The van der Waals surface area contributed by atoms with Crippen molar-refractivity contribution in [1.29, 1.82) is 10.5 Å². The summed E-state index contributed by atoms with van der Waals surface area (Å²) >= 11 is 6.96. The van der Waals surface area contributed by atoms with E-state index in [2.05, 4.69) is 33.8 Å². The third kappa shape index (κ3) is 5.32. The molecule has 6 heterocycles. The fourth-order valence-corrected chi connectivity index (χ4v) is 8.22. The van der Waals surface area contributed by atoms with E-state index in [1.165, 1.54) is 11.8 Å². The van der Waals surface area contributed by atoms with Crippen LogP contribution in [0.1, 0.15) is 69.2 Å². The number of benzene rings is 1. The number of carbonyl (C=O) groups excluding carboxylic acids is 1. The minimum absolute atomic E-state index is 0.0513. The van der Waals surface area contributed by atoms with Crippen molar-refractivity contribution in [3.8, 4) is 18.1 Å². The van der Waals surface area contributed by atoms with Crippen molar-refractivity contribution in [3.05, 3.63) is 64.7 Å². The second-order valence-electron chi connectivity index (χ2n) is 13.0. The number of ether oxygens (including phenoxy) is 1. The van der Waals surface area contributed by atoms with E-state index in [0.717, 1.165) is 35.9 Å². The summed E-state index contributed by atoms with van der Waals surface area (Å²) in [5, 5.41) is 21.2. The van der Waals surface area contributed by atoms with Crippen LogP contribution in [0.3, 0.4) is 0 Å². The average molecular weight is 667 g/mol. The smallest absolute Gasteiger partial charge is 0.223 e. The third-order valence-corrected chi connectivity index (χ3v) is 10.6. The Morgan fingerprint density at radius 2 is 2.06 bits per heavy atom. The highest BCUT2D eigenvalue weighted by Gasteiger charge is 2.35. The number of anilines is 1. The molecule has 48 heavy (non-hydrogen) atoms. The topological polar surface area (TPSA) is 114 Å². The van der Waals surface area contributed by atoms with Gasteiger partial charge in [0.15, 0.2) is 12.0 Å². The zero-order chi connectivity index (χ0) is 33.7. The lowest BCUT2D eigenvalue weighted by Crippen LogP contribution is -2.45. The first-order valence-corrected chi connectivity index (χ1v) is 16.7. The number of rotatable bonds is 6. The van der Waals surface area contributed by atoms with Gasteiger partial charge in [-0.05, 0) is 70.5 Å². The normalized spacial score (nSPS) is 23.2. The van der Waals surface area contributed by atoms with Gasteiger partial charge in [0.1, 0.15) is 17.4 Å². The Balaban J connectivity index is 1.39. The summed E-state index contributed by atoms with van der Waals surface area (Å²) in [5.74, 6) is 0.0624. The van der Waals surface area contributed by atoms with Crippen molar-refractivity contribution in [2.45, 2.75) is 76.2 Å². The molecule has 2 fully saturated rings. The molecule has 0 saturated carbocycles. The minimum atomic E-state index is -0.836. The molecule has 0 aliphatic carbocycles. The van der Waals surface area contributed by atoms with E-state index >= 15 is 4.39 Å². The molecule has 246 valence electrons. The van der Waals surface area contributed by atoms with E-state index in [1.54, 1.807) is 29.3 Å². The number of pyridine rings is 2. The van der Waals surface area contributed by atoms with Crippen molar-refractivity contribution < 1.29 is 13.9 Å². The molecule has 0 bridgehead atoms. The Hall–Kier alpha value is -4.71. The van der Waals surface area contributed by atoms with Crippen LogP contribution in [0.5, 0.6) is 5.88 Å². The van der Waals surface area contributed by atoms with Gasteiger partial charge in [-0.1, -0.05) is 23.8 Å². The Bertz CT molecular complexity index is 2030. The zero-order valence-corrected chi connectivity index (χ0v) is 27.9. The molecule has 0 N–H and O–H groups in total. The van der Waals surface area contributed by atoms with Crippen LogP contribution in [0.2, 0.25) is 5.02 Å². The van der Waals surface area contributed by atoms with E-state index < -0.39 is 11.9 Å². The van der Waals surface area contributed by atoms with Gasteiger partial charge >= 0.3 is 0 Å². The van der Waals surface area contributed by atoms with E-state index in [9.17, 15) is 15.3 Å². The van der Waals surface area contributed by atoms with Crippen LogP contribution < -0.4 is 9.64 Å². The van der Waals surface area contributed by atoms with Crippen LogP contribution in [-0.4, -0.2) is 68.6 Å². The van der Waals surface area contributed by atoms with Crippen molar-refractivity contribution in [2.24, 2.45) is 0 Å². The van der Waals surface area contributed by atoms with Gasteiger partial charge in [-0.3, -0.25) is 14.6 Å². The first kappa shape index (κ1) is 31.9. The Morgan fingerprint density at radius 3 is 2.79 bits per heavy atom. The number of amides is 1. The highest BCUT2D eigenvalue weighted by Crippen LogP contribution is 2.44. The number of hydrogen-bond acceptors (Lipinski definition) is 8. The molecule has 0 spiro atoms. The third-order valence-electron chi connectivity index (χ3n) is 10.3. The zero-order valence-electron chi connectivity index (χ0n) is 27.1. The first-order valence-electron chi connectivity index (χ1n) is 16.4. The standard InChI is InChI=1S/C36H36ClFN8O2/c1-21(29-7-5-15-43(29)3)48-36-26-12-17-45(25-11-16-44(22(2)47)24(18-25)10-13-39)34(26)27-19-28(37)31(32(38)33(27)42-36)30-9-8-23-6-4-14-41-35(23)46(30)20-40/h4,6,8-9,12,14,17,19,21,24-25,29-30H,5,7,10-11,15-16,18H2,1-3H3/t21-,24+,25-,29-,30?/m0/s1. The highest BCUT2D eigenvalue weighted by molar-refractivity contribution is 6.32. The predicted octanol–water partition coefficient (Wildman–Crippen LogP) is 6.76. The maximum Gasteiger partial charge on any atom is 0.223 e. The lowest BCUT2D eigenvalue weighted by molar-refractivity contribution is -0.132. The maximum atomic E-state index is 17.1. The van der Waals surface area contributed by atoms with E-state index in [1.807, 2.05) is 31.3 Å². The second kappa shape index (κ2) is 12.7. The molecule has 3 aliphatic heterocycles. The lowest BCUT2D eigenvalue weighted by atomic mass is 9.94. The molecule has 5 atom stereocenters. The van der Waals surface area contributed by atoms with Crippen molar-refractivity contribution in [3.63, 3.8) is 0 Å². The number of likely N-dealkylation sites (N-methyl/N-ethyl adjacent to an activating group) is 1. The van der Waals surface area contributed by atoms with Crippen LogP contribution >= 0.6 is 11.6 Å². The van der Waals surface area contributed by atoms with Gasteiger partial charge in [0, 0.05) is 65.5 Å². The van der Waals surface area contributed by atoms with Gasteiger partial charge in [-0.25, -0.2) is 14.4 Å². The number of carbonyl (C=O) groups is 1. The SMILES string of the molecule is CC(=O)N1CC[C@H](n2ccc3c(O[C@@H](C)[C@@H]4CCCN4C)nc4c(F)c(C5C=Cc6cccnc6N5C#N)c(Cl)cc4c32)C[C@H]1CC#N. The summed E-state index contributed by atoms with van der Waals surface area (Å²) in [6, 6.07) is 8.61. The molecule has 3 aliphatic rings. The number of likely N-dealkylation sites (tertiary alicyclic amines) is 2. The summed E-state index contributed by atoms with van der Waals surface area (Å²) in [6.45, 7) is 5.05. The van der Waals surface area contributed by atoms with Gasteiger partial charge in [0.25, 0.3) is 0 Å². The van der Waals surface area contributed by atoms with E-state index in [-0.39, 0.29) is 52.7 Å². The first-order chi connectivity index (χ1) is 23.2. The highest BCUT2D eigenvalue weighted by atomic mass is 35.5. The van der Waals surface area contributed by atoms with Crippen molar-refractivity contribution in [1.82, 2.24) is 24.3 Å². The van der Waals surface area contributed by atoms with Crippen LogP contribution in [0.25, 0.3) is 27.9 Å². The van der Waals surface area contributed by atoms with Crippen LogP contribution in [0, 0.1) is 28.6 Å². The molecule has 3 aromatic heterocycles. The summed E-state index contributed by atoms with van der Waals surface area (Å²) in [5.41, 5.74) is 1.70. The Labute approximate surface area is 283 Å². The fraction of sp³-hybridized carbons (Fsp3) is 0.417. The second-order valence-corrected chi connectivity index (χ2v) is 13.4. The van der Waals surface area contributed by atoms with E-state index in [0.29, 0.717) is 36.5 Å². The Kier molecular flexibility index (Phi) is 8.44. The average Bonchev–Trinajstić information content (AvgIpc) is 3.72. The summed E-state index contributed by atoms with van der Waals surface area (Å²) in [4.78, 5) is 27.0. The van der Waals surface area contributed by atoms with Gasteiger partial charge < -0.3 is 14.2 Å². The van der Waals surface area contributed by atoms with Crippen LogP contribution in [0.4, 0.5) is 10.2 Å². The summed E-state index contributed by atoms with van der Waals surface area (Å²) in [6.07, 6.45) is 12.6. The molecule has 2 saturated heterocycles. The van der Waals surface area contributed by atoms with Crippen LogP contribution in [0.15, 0.2) is 42.7 Å². The number of hydrogen-bond donors (Lipinski definition) is 0. The van der Waals surface area contributed by atoms with E-state index in [4.69, 9.17) is 21.3 Å². The molecular weight excluding hydrogens is 631 g/mol. The number of nitrogens with zero attached hydrogens (tertiary/aromatic N) is 8. The number of piperidine rings is 1. The Morgan fingerprint density at radius 1 is 1.23 bits per heavy atom. The summed E-state index contributed by atoms with van der Waals surface area (Å²) in [7, 11) is 2.09. The minimum Gasteiger partial charge on any atom is -0.472 e. The van der Waals surface area contributed by atoms with Gasteiger partial charge in [-0.15, -0.1) is 0 Å². The van der Waals surface area contributed by atoms with Crippen molar-refractivity contribution in [2.75, 3.05) is 25.0 Å². The number of nitriles is 2. The molecule has 4 aromatic rings. The molecule has 1 amide bonds. The predicted molar refractivity (Wildman–Crippen MR) is 182 cm³/mol. The molecule has 0 radical (unpaired) electrons. The monoisotopic (exact) mass is 666 g/mol. The fourth-order valence-electron chi connectivity index (χ4n) is 7.91. The quantitative estimate of drug-likeness (QED) is 0.207. The molecule has 12 heteroatoms. The largest absolute Gasteiger partial charge is 0.472 e. The molecular formula is C36H36ClFN8O2. The number of halogens is 2. The molecule has 1 unspecified atom stereocenters. The molecule has 1 aromatic carbocycles. The van der Waals surface area contributed by atoms with Gasteiger partial charge in [0.05, 0.1) is 29.4 Å². The maximum absolute atomic E-state index is 17.1. The van der Waals surface area contributed by atoms with Crippen LogP contribution in [-0.2, 0) is 4.79 Å². The lowest BCUT2D eigenvalue weighted by Gasteiger charge is -2.39. The van der Waals surface area contributed by atoms with Gasteiger partial charge in [-0.2, -0.15) is 10.5 Å².